The summed E-state index contributed by atoms with van der Waals surface area (Å²) in [5, 5.41) is 2.78. The van der Waals surface area contributed by atoms with E-state index in [0.29, 0.717) is 4.16 Å². The summed E-state index contributed by atoms with van der Waals surface area (Å²) in [7, 11) is 6.21. The van der Waals surface area contributed by atoms with Crippen LogP contribution in [-0.4, -0.2) is 4.16 Å². The third-order valence-corrected chi connectivity index (χ3v) is 13.8. The Hall–Kier alpha value is 0.173. The Labute approximate surface area is 189 Å². The van der Waals surface area contributed by atoms with Gasteiger partial charge in [0, 0.05) is 0 Å². The molecule has 0 saturated heterocycles. The Kier molecular flexibility index (Phi) is 6.65. The predicted octanol–water partition coefficient (Wildman–Crippen LogP) is -2.76. The molecule has 1 aliphatic heterocycles. The average Bonchev–Trinajstić information content (AvgIpc) is 3.27. The fourth-order valence-electron chi connectivity index (χ4n) is 3.67. The van der Waals surface area contributed by atoms with Crippen LogP contribution in [0.15, 0.2) is 54.1 Å². The van der Waals surface area contributed by atoms with E-state index in [1.807, 2.05) is 11.8 Å². The maximum atomic E-state index is 6.21. The summed E-state index contributed by atoms with van der Waals surface area (Å²) in [5.41, 5.74) is 4.23. The van der Waals surface area contributed by atoms with Crippen LogP contribution in [0.3, 0.4) is 0 Å². The Morgan fingerprint density at radius 2 is 1.85 bits per heavy atom. The van der Waals surface area contributed by atoms with E-state index < -0.39 is 19.7 Å². The molecule has 1 heterocycles. The van der Waals surface area contributed by atoms with E-state index in [-0.39, 0.29) is 24.8 Å². The summed E-state index contributed by atoms with van der Waals surface area (Å²) < 4.78 is 3.32. The zero-order chi connectivity index (χ0) is 16.3. The van der Waals surface area contributed by atoms with Crippen LogP contribution in [0.4, 0.5) is 0 Å². The normalized spacial score (nSPS) is 17.8. The fraction of sp³-hybridized carbons (Fsp3) is 0.100. The Bertz CT molecular complexity index is 1110. The standard InChI is InChI=1S/C11H6BrS.C9H7.2ClH.S.Zr/c12-10-6-8-5-7-3-1-2-4-9(7)11(8)13-10;1-2-5-9-7-3-6-8(9)4-1;;;;/h1-2,4-6,10H;1-4,7H,6H2;2*1H;;/q;;;;;+2/p-2. The number of alkyl halides is 1. The van der Waals surface area contributed by atoms with Crippen molar-refractivity contribution in [1.29, 1.82) is 0 Å². The summed E-state index contributed by atoms with van der Waals surface area (Å²) >= 11 is 3.30. The van der Waals surface area contributed by atoms with Gasteiger partial charge < -0.3 is 24.8 Å². The molecular weight excluding hydrogens is 546 g/mol. The number of hydrogen-bond acceptors (Lipinski definition) is 2. The summed E-state index contributed by atoms with van der Waals surface area (Å²) in [4.78, 5) is 1.41. The minimum absolute atomic E-state index is 0. The Morgan fingerprint density at radius 1 is 1.08 bits per heavy atom. The molecule has 1 atom stereocenters. The van der Waals surface area contributed by atoms with E-state index in [1.165, 1.54) is 38.6 Å². The molecule has 0 spiro atoms. The third kappa shape index (κ3) is 3.36. The number of hydrogen-bond donors (Lipinski definition) is 0. The second-order valence-corrected chi connectivity index (χ2v) is 15.6. The Balaban J connectivity index is 0.000000980. The predicted molar refractivity (Wildman–Crippen MR) is 108 cm³/mol. The SMILES string of the molecule is [Cl-].[Cl-].[S]=[Zr+2]([c]1cccc2c1C=CC2)[c]1cccc2c1=CC1=CC(Br)SC=21. The second kappa shape index (κ2) is 8.27. The molecular formula is C20H13BrCl2S2Zr. The topological polar surface area (TPSA) is 0 Å². The zero-order valence-electron chi connectivity index (χ0n) is 13.5. The van der Waals surface area contributed by atoms with Gasteiger partial charge in [0.15, 0.2) is 0 Å². The summed E-state index contributed by atoms with van der Waals surface area (Å²) in [5.74, 6) is 0. The molecule has 0 fully saturated rings. The van der Waals surface area contributed by atoms with Crippen LogP contribution in [0.25, 0.3) is 17.1 Å². The quantitative estimate of drug-likeness (QED) is 0.366. The number of fused-ring (bicyclic) bond motifs is 3. The number of rotatable bonds is 2. The van der Waals surface area contributed by atoms with Crippen molar-refractivity contribution in [3.05, 3.63) is 75.7 Å². The molecule has 0 radical (unpaired) electrons. The summed E-state index contributed by atoms with van der Waals surface area (Å²) in [6.45, 7) is 0. The van der Waals surface area contributed by atoms with Crippen LogP contribution in [-0.2, 0) is 26.1 Å². The molecule has 0 saturated carbocycles. The van der Waals surface area contributed by atoms with Gasteiger partial charge in [-0.25, -0.2) is 0 Å². The van der Waals surface area contributed by atoms with E-state index in [2.05, 4.69) is 76.6 Å². The average molecular weight is 559 g/mol. The van der Waals surface area contributed by atoms with Crippen molar-refractivity contribution >= 4 is 60.1 Å². The number of halogens is 3. The van der Waals surface area contributed by atoms with Gasteiger partial charge in [0.2, 0.25) is 0 Å². The fourth-order valence-corrected chi connectivity index (χ4v) is 11.9. The maximum absolute atomic E-state index is 6.21. The van der Waals surface area contributed by atoms with Gasteiger partial charge in [-0.05, 0) is 0 Å². The van der Waals surface area contributed by atoms with Gasteiger partial charge in [-0.3, -0.25) is 0 Å². The van der Waals surface area contributed by atoms with E-state index >= 15 is 0 Å². The van der Waals surface area contributed by atoms with E-state index in [4.69, 9.17) is 8.86 Å². The number of allylic oxidation sites excluding steroid dienone is 1. The van der Waals surface area contributed by atoms with Crippen molar-refractivity contribution in [3.63, 3.8) is 0 Å². The van der Waals surface area contributed by atoms with Crippen LogP contribution in [0, 0.1) is 0 Å². The van der Waals surface area contributed by atoms with Gasteiger partial charge in [-0.1, -0.05) is 0 Å². The molecule has 5 rings (SSSR count). The third-order valence-electron chi connectivity index (χ3n) is 4.76. The van der Waals surface area contributed by atoms with E-state index in [1.54, 1.807) is 0 Å². The molecule has 0 aromatic heterocycles. The summed E-state index contributed by atoms with van der Waals surface area (Å²) in [6, 6.07) is 13.5. The van der Waals surface area contributed by atoms with Gasteiger partial charge in [-0.15, -0.1) is 0 Å². The molecule has 6 heteroatoms. The van der Waals surface area contributed by atoms with Crippen molar-refractivity contribution in [2.24, 2.45) is 0 Å². The molecule has 0 N–H and O–H groups in total. The van der Waals surface area contributed by atoms with Crippen molar-refractivity contribution in [1.82, 2.24) is 0 Å². The molecule has 2 aliphatic carbocycles. The molecule has 1 unspecified atom stereocenters. The molecule has 3 aliphatic rings. The van der Waals surface area contributed by atoms with Gasteiger partial charge in [-0.2, -0.15) is 0 Å². The Morgan fingerprint density at radius 3 is 2.69 bits per heavy atom. The van der Waals surface area contributed by atoms with Crippen molar-refractivity contribution in [3.8, 4) is 0 Å². The molecule has 130 valence electrons. The first-order valence-electron chi connectivity index (χ1n) is 7.93. The molecule has 0 nitrogen and oxygen atoms in total. The van der Waals surface area contributed by atoms with Crippen molar-refractivity contribution in [2.75, 3.05) is 0 Å². The molecule has 2 aromatic carbocycles. The van der Waals surface area contributed by atoms with Crippen molar-refractivity contribution in [2.45, 2.75) is 10.6 Å². The van der Waals surface area contributed by atoms with E-state index in [0.717, 1.165) is 6.42 Å². The molecule has 26 heavy (non-hydrogen) atoms. The second-order valence-electron chi connectivity index (χ2n) is 6.15. The molecule has 0 amide bonds. The first kappa shape index (κ1) is 20.9. The summed E-state index contributed by atoms with van der Waals surface area (Å²) in [6.07, 6.45) is 10.3. The number of benzene rings is 2. The van der Waals surface area contributed by atoms with Crippen LogP contribution < -0.4 is 41.8 Å². The van der Waals surface area contributed by atoms with Gasteiger partial charge in [0.05, 0.1) is 0 Å². The first-order chi connectivity index (χ1) is 11.7. The van der Waals surface area contributed by atoms with Crippen LogP contribution >= 0.6 is 36.5 Å². The zero-order valence-corrected chi connectivity index (χ0v) is 20.7. The van der Waals surface area contributed by atoms with Gasteiger partial charge in [0.25, 0.3) is 0 Å². The van der Waals surface area contributed by atoms with Crippen LogP contribution in [0.5, 0.6) is 0 Å². The minimum atomic E-state index is -2.30. The van der Waals surface area contributed by atoms with Crippen LogP contribution in [0.1, 0.15) is 11.1 Å². The van der Waals surface area contributed by atoms with Crippen LogP contribution in [0.2, 0.25) is 0 Å². The molecule has 2 aromatic rings. The molecule has 0 bridgehead atoms. The van der Waals surface area contributed by atoms with E-state index in [9.17, 15) is 0 Å². The van der Waals surface area contributed by atoms with Gasteiger partial charge >= 0.3 is 166 Å². The first-order valence-corrected chi connectivity index (χ1v) is 15.6. The monoisotopic (exact) mass is 556 g/mol. The number of thioether (sulfide) groups is 1. The van der Waals surface area contributed by atoms with Crippen molar-refractivity contribution < 1.29 is 44.5 Å². The van der Waals surface area contributed by atoms with Gasteiger partial charge in [0.1, 0.15) is 0 Å².